The van der Waals surface area contributed by atoms with Gasteiger partial charge in [-0.3, -0.25) is 14.5 Å². The molecular formula is C29H34N4O3. The predicted molar refractivity (Wildman–Crippen MR) is 144 cm³/mol. The van der Waals surface area contributed by atoms with Gasteiger partial charge in [-0.15, -0.1) is 0 Å². The number of piperazine rings is 1. The molecule has 1 fully saturated rings. The van der Waals surface area contributed by atoms with Gasteiger partial charge in [-0.25, -0.2) is 0 Å². The van der Waals surface area contributed by atoms with Crippen LogP contribution < -0.4 is 20.3 Å². The van der Waals surface area contributed by atoms with E-state index < -0.39 is 0 Å². The third-order valence-corrected chi connectivity index (χ3v) is 6.50. The number of nitrogens with zero attached hydrogens (tertiary/aromatic N) is 2. The molecule has 7 heteroatoms. The molecule has 0 radical (unpaired) electrons. The highest BCUT2D eigenvalue weighted by atomic mass is 16.5. The number of anilines is 2. The first kappa shape index (κ1) is 25.3. The standard InChI is InChI=1S/C29H34N4O3/c1-22-7-3-6-10-27(22)33-19-17-32(18-20-33)21-28(34)31-26-9-5-4-8-25(26)29(35)30-16-15-23-11-13-24(36-2)14-12-23/h3-14H,15-21H2,1-2H3,(H,30,35)(H,31,34). The third kappa shape index (κ3) is 6.64. The van der Waals surface area contributed by atoms with Crippen LogP contribution in [-0.2, 0) is 11.2 Å². The lowest BCUT2D eigenvalue weighted by Crippen LogP contribution is -2.48. The molecule has 0 spiro atoms. The summed E-state index contributed by atoms with van der Waals surface area (Å²) in [5, 5.41) is 5.90. The molecule has 0 saturated carbocycles. The number of benzene rings is 3. The summed E-state index contributed by atoms with van der Waals surface area (Å²) >= 11 is 0. The zero-order chi connectivity index (χ0) is 25.3. The summed E-state index contributed by atoms with van der Waals surface area (Å²) in [6.45, 7) is 6.32. The first-order chi connectivity index (χ1) is 17.5. The van der Waals surface area contributed by atoms with E-state index in [0.717, 1.165) is 37.5 Å². The van der Waals surface area contributed by atoms with Gasteiger partial charge in [0.05, 0.1) is 24.9 Å². The van der Waals surface area contributed by atoms with Crippen LogP contribution in [0.4, 0.5) is 11.4 Å². The smallest absolute Gasteiger partial charge is 0.253 e. The number of carbonyl (C=O) groups is 2. The normalized spacial score (nSPS) is 13.8. The van der Waals surface area contributed by atoms with Gasteiger partial charge in [0.25, 0.3) is 5.91 Å². The minimum absolute atomic E-state index is 0.113. The molecule has 4 rings (SSSR count). The number of carbonyl (C=O) groups excluding carboxylic acids is 2. The van der Waals surface area contributed by atoms with E-state index in [0.29, 0.717) is 30.8 Å². The predicted octanol–water partition coefficient (Wildman–Crippen LogP) is 3.74. The molecule has 1 saturated heterocycles. The first-order valence-electron chi connectivity index (χ1n) is 12.4. The number of para-hydroxylation sites is 2. The fourth-order valence-electron chi connectivity index (χ4n) is 4.46. The average Bonchev–Trinajstić information content (AvgIpc) is 2.90. The van der Waals surface area contributed by atoms with Crippen molar-refractivity contribution in [2.24, 2.45) is 0 Å². The van der Waals surface area contributed by atoms with E-state index in [1.807, 2.05) is 30.3 Å². The van der Waals surface area contributed by atoms with Gasteiger partial charge < -0.3 is 20.3 Å². The summed E-state index contributed by atoms with van der Waals surface area (Å²) < 4.78 is 5.18. The number of amides is 2. The van der Waals surface area contributed by atoms with Crippen LogP contribution in [0.5, 0.6) is 5.75 Å². The Morgan fingerprint density at radius 1 is 0.889 bits per heavy atom. The Balaban J connectivity index is 1.26. The second kappa shape index (κ2) is 12.2. The molecule has 1 heterocycles. The molecule has 3 aromatic carbocycles. The zero-order valence-corrected chi connectivity index (χ0v) is 21.0. The van der Waals surface area contributed by atoms with Crippen molar-refractivity contribution in [2.45, 2.75) is 13.3 Å². The topological polar surface area (TPSA) is 73.9 Å². The van der Waals surface area contributed by atoms with E-state index in [1.165, 1.54) is 11.3 Å². The number of hydrogen-bond donors (Lipinski definition) is 2. The Bertz CT molecular complexity index is 1170. The van der Waals surface area contributed by atoms with E-state index in [1.54, 1.807) is 25.3 Å². The van der Waals surface area contributed by atoms with Crippen LogP contribution in [0.25, 0.3) is 0 Å². The van der Waals surface area contributed by atoms with Gasteiger partial charge in [0.2, 0.25) is 5.91 Å². The quantitative estimate of drug-likeness (QED) is 0.482. The van der Waals surface area contributed by atoms with E-state index >= 15 is 0 Å². The fourth-order valence-corrected chi connectivity index (χ4v) is 4.46. The van der Waals surface area contributed by atoms with Crippen molar-refractivity contribution in [3.05, 3.63) is 89.5 Å². The van der Waals surface area contributed by atoms with Crippen molar-refractivity contribution in [3.63, 3.8) is 0 Å². The third-order valence-electron chi connectivity index (χ3n) is 6.50. The Kier molecular flexibility index (Phi) is 8.57. The Morgan fingerprint density at radius 2 is 1.58 bits per heavy atom. The lowest BCUT2D eigenvalue weighted by molar-refractivity contribution is -0.117. The van der Waals surface area contributed by atoms with Crippen LogP contribution in [0.2, 0.25) is 0 Å². The summed E-state index contributed by atoms with van der Waals surface area (Å²) in [6, 6.07) is 23.3. The number of hydrogen-bond acceptors (Lipinski definition) is 5. The van der Waals surface area contributed by atoms with E-state index in [9.17, 15) is 9.59 Å². The minimum Gasteiger partial charge on any atom is -0.497 e. The highest BCUT2D eigenvalue weighted by Gasteiger charge is 2.21. The van der Waals surface area contributed by atoms with Crippen LogP contribution >= 0.6 is 0 Å². The molecule has 188 valence electrons. The summed E-state index contributed by atoms with van der Waals surface area (Å²) in [5.74, 6) is 0.490. The maximum Gasteiger partial charge on any atom is 0.253 e. The van der Waals surface area contributed by atoms with Gasteiger partial charge in [-0.2, -0.15) is 0 Å². The molecule has 3 aromatic rings. The molecular weight excluding hydrogens is 452 g/mol. The number of rotatable bonds is 9. The molecule has 0 atom stereocenters. The van der Waals surface area contributed by atoms with Crippen LogP contribution in [0, 0.1) is 6.92 Å². The molecule has 0 bridgehead atoms. The Morgan fingerprint density at radius 3 is 2.31 bits per heavy atom. The maximum atomic E-state index is 12.8. The lowest BCUT2D eigenvalue weighted by atomic mass is 10.1. The van der Waals surface area contributed by atoms with Gasteiger partial charge in [-0.1, -0.05) is 42.5 Å². The molecule has 36 heavy (non-hydrogen) atoms. The van der Waals surface area contributed by atoms with Crippen LogP contribution in [0.15, 0.2) is 72.8 Å². The van der Waals surface area contributed by atoms with Crippen LogP contribution in [0.1, 0.15) is 21.5 Å². The molecule has 1 aliphatic rings. The molecule has 0 unspecified atom stereocenters. The van der Waals surface area contributed by atoms with Crippen molar-refractivity contribution >= 4 is 23.2 Å². The number of methoxy groups -OCH3 is 1. The number of ether oxygens (including phenoxy) is 1. The van der Waals surface area contributed by atoms with Crippen molar-refractivity contribution in [2.75, 3.05) is 56.6 Å². The molecule has 2 N–H and O–H groups in total. The fraction of sp³-hybridized carbons (Fsp3) is 0.310. The Hall–Kier alpha value is -3.84. The maximum absolute atomic E-state index is 12.8. The van der Waals surface area contributed by atoms with E-state index in [4.69, 9.17) is 4.74 Å². The second-order valence-corrected chi connectivity index (χ2v) is 9.00. The van der Waals surface area contributed by atoms with Crippen molar-refractivity contribution in [1.29, 1.82) is 0 Å². The first-order valence-corrected chi connectivity index (χ1v) is 12.4. The van der Waals surface area contributed by atoms with Crippen molar-refractivity contribution in [1.82, 2.24) is 10.2 Å². The average molecular weight is 487 g/mol. The van der Waals surface area contributed by atoms with Gasteiger partial charge in [0, 0.05) is 38.4 Å². The number of nitrogens with one attached hydrogen (secondary N) is 2. The van der Waals surface area contributed by atoms with E-state index in [-0.39, 0.29) is 11.8 Å². The highest BCUT2D eigenvalue weighted by molar-refractivity contribution is 6.04. The molecule has 0 aliphatic carbocycles. The van der Waals surface area contributed by atoms with Gasteiger partial charge in [0.1, 0.15) is 5.75 Å². The Labute approximate surface area is 213 Å². The summed E-state index contributed by atoms with van der Waals surface area (Å²) in [5.41, 5.74) is 4.63. The molecule has 2 amide bonds. The zero-order valence-electron chi connectivity index (χ0n) is 21.0. The van der Waals surface area contributed by atoms with Crippen molar-refractivity contribution in [3.8, 4) is 5.75 Å². The molecule has 7 nitrogen and oxygen atoms in total. The largest absolute Gasteiger partial charge is 0.497 e. The summed E-state index contributed by atoms with van der Waals surface area (Å²) in [7, 11) is 1.64. The van der Waals surface area contributed by atoms with Gasteiger partial charge in [0.15, 0.2) is 0 Å². The highest BCUT2D eigenvalue weighted by Crippen LogP contribution is 2.21. The van der Waals surface area contributed by atoms with Crippen molar-refractivity contribution < 1.29 is 14.3 Å². The van der Waals surface area contributed by atoms with E-state index in [2.05, 4.69) is 51.6 Å². The second-order valence-electron chi connectivity index (χ2n) is 9.00. The number of aryl methyl sites for hydroxylation is 1. The molecule has 1 aliphatic heterocycles. The molecule has 0 aromatic heterocycles. The van der Waals surface area contributed by atoms with Crippen LogP contribution in [-0.4, -0.2) is 63.1 Å². The monoisotopic (exact) mass is 486 g/mol. The summed E-state index contributed by atoms with van der Waals surface area (Å²) in [4.78, 5) is 30.2. The minimum atomic E-state index is -0.203. The SMILES string of the molecule is COc1ccc(CCNC(=O)c2ccccc2NC(=O)CN2CCN(c3ccccc3C)CC2)cc1. The van der Waals surface area contributed by atoms with Crippen LogP contribution in [0.3, 0.4) is 0 Å². The van der Waals surface area contributed by atoms with Gasteiger partial charge in [-0.05, 0) is 54.8 Å². The van der Waals surface area contributed by atoms with Gasteiger partial charge >= 0.3 is 0 Å². The summed E-state index contributed by atoms with van der Waals surface area (Å²) in [6.07, 6.45) is 0.707. The lowest BCUT2D eigenvalue weighted by Gasteiger charge is -2.36.